The molecule has 1 aliphatic rings. The van der Waals surface area contributed by atoms with E-state index < -0.39 is 0 Å². The molecule has 1 N–H and O–H groups in total. The first-order chi connectivity index (χ1) is 15.6. The third kappa shape index (κ3) is 5.78. The van der Waals surface area contributed by atoms with Crippen LogP contribution in [0.3, 0.4) is 0 Å². The highest BCUT2D eigenvalue weighted by atomic mass is 35.5. The predicted octanol–water partition coefficient (Wildman–Crippen LogP) is 5.65. The topological polar surface area (TPSA) is 72.2 Å². The first-order valence-corrected chi connectivity index (χ1v) is 12.2. The van der Waals surface area contributed by atoms with Crippen LogP contribution >= 0.6 is 23.4 Å². The Morgan fingerprint density at radius 1 is 1.19 bits per heavy atom. The van der Waals surface area contributed by atoms with E-state index in [1.165, 1.54) is 36.6 Å². The molecule has 0 bridgehead atoms. The number of amides is 1. The summed E-state index contributed by atoms with van der Waals surface area (Å²) in [5.41, 5.74) is 5.66. The van der Waals surface area contributed by atoms with Gasteiger partial charge in [-0.15, -0.1) is 10.2 Å². The van der Waals surface area contributed by atoms with E-state index in [1.54, 1.807) is 18.3 Å². The van der Waals surface area contributed by atoms with E-state index in [0.717, 1.165) is 34.9 Å². The average Bonchev–Trinajstić information content (AvgIpc) is 3.23. The van der Waals surface area contributed by atoms with E-state index in [0.29, 0.717) is 11.1 Å². The average molecular weight is 468 g/mol. The van der Waals surface area contributed by atoms with Crippen LogP contribution in [0, 0.1) is 6.92 Å². The lowest BCUT2D eigenvalue weighted by atomic mass is 9.95. The van der Waals surface area contributed by atoms with E-state index >= 15 is 0 Å². The highest BCUT2D eigenvalue weighted by molar-refractivity contribution is 7.99. The zero-order chi connectivity index (χ0) is 22.3. The summed E-state index contributed by atoms with van der Waals surface area (Å²) in [6, 6.07) is 16.0. The molecule has 32 heavy (non-hydrogen) atoms. The number of hydrazone groups is 1. The molecule has 1 heterocycles. The minimum absolute atomic E-state index is 0.191. The van der Waals surface area contributed by atoms with Crippen molar-refractivity contribution >= 4 is 35.5 Å². The molecule has 0 unspecified atom stereocenters. The molecule has 166 valence electrons. The number of carbonyl (C=O) groups is 1. The fourth-order valence-electron chi connectivity index (χ4n) is 3.87. The van der Waals surface area contributed by atoms with E-state index in [1.807, 2.05) is 12.1 Å². The molecule has 0 spiro atoms. The number of aryl methyl sites for hydroxylation is 1. The van der Waals surface area contributed by atoms with Gasteiger partial charge in [-0.2, -0.15) is 5.10 Å². The summed E-state index contributed by atoms with van der Waals surface area (Å²) >= 11 is 7.37. The van der Waals surface area contributed by atoms with Crippen LogP contribution in [0.1, 0.15) is 49.3 Å². The Bertz CT molecular complexity index is 1090. The SMILES string of the molecule is Cc1ccc(-c2nnc(SCC(=O)NN=Cc3cccc(Cl)c3)n2C2CCCCC2)cc1. The molecule has 0 radical (unpaired) electrons. The largest absolute Gasteiger partial charge is 0.299 e. The van der Waals surface area contributed by atoms with Crippen molar-refractivity contribution < 1.29 is 4.79 Å². The highest BCUT2D eigenvalue weighted by Gasteiger charge is 2.24. The van der Waals surface area contributed by atoms with Crippen molar-refractivity contribution in [1.29, 1.82) is 0 Å². The number of nitrogens with one attached hydrogen (secondary N) is 1. The number of aromatic nitrogens is 3. The second kappa shape index (κ2) is 10.8. The second-order valence-electron chi connectivity index (χ2n) is 7.97. The normalized spacial score (nSPS) is 14.7. The van der Waals surface area contributed by atoms with E-state index in [-0.39, 0.29) is 11.7 Å². The van der Waals surface area contributed by atoms with E-state index in [2.05, 4.69) is 56.5 Å². The lowest BCUT2D eigenvalue weighted by molar-refractivity contribution is -0.118. The minimum Gasteiger partial charge on any atom is -0.299 e. The monoisotopic (exact) mass is 467 g/mol. The maximum atomic E-state index is 12.3. The van der Waals surface area contributed by atoms with Crippen molar-refractivity contribution in [2.75, 3.05) is 5.75 Å². The minimum atomic E-state index is -0.191. The standard InChI is InChI=1S/C24H26ClN5OS/c1-17-10-12-19(13-11-17)23-28-29-24(30(23)21-8-3-2-4-9-21)32-16-22(31)27-26-15-18-6-5-7-20(25)14-18/h5-7,10-15,21H,2-4,8-9,16H2,1H3,(H,27,31). The first kappa shape index (κ1) is 22.6. The summed E-state index contributed by atoms with van der Waals surface area (Å²) < 4.78 is 2.23. The molecule has 0 atom stereocenters. The fourth-order valence-corrected chi connectivity index (χ4v) is 4.87. The summed E-state index contributed by atoms with van der Waals surface area (Å²) in [7, 11) is 0. The van der Waals surface area contributed by atoms with Gasteiger partial charge in [-0.1, -0.05) is 84.6 Å². The summed E-state index contributed by atoms with van der Waals surface area (Å²) in [6.07, 6.45) is 7.49. The molecular formula is C24H26ClN5OS. The van der Waals surface area contributed by atoms with Crippen LogP contribution in [0.4, 0.5) is 0 Å². The van der Waals surface area contributed by atoms with Gasteiger partial charge in [0.05, 0.1) is 12.0 Å². The van der Waals surface area contributed by atoms with Crippen molar-refractivity contribution in [2.45, 2.75) is 50.2 Å². The molecule has 1 aromatic heterocycles. The number of carbonyl (C=O) groups excluding carboxylic acids is 1. The Labute approximate surface area is 197 Å². The van der Waals surface area contributed by atoms with Crippen molar-refractivity contribution in [2.24, 2.45) is 5.10 Å². The van der Waals surface area contributed by atoms with Gasteiger partial charge in [0.25, 0.3) is 5.91 Å². The van der Waals surface area contributed by atoms with Gasteiger partial charge in [0, 0.05) is 16.6 Å². The van der Waals surface area contributed by atoms with Crippen molar-refractivity contribution in [3.63, 3.8) is 0 Å². The van der Waals surface area contributed by atoms with Crippen LogP contribution in [-0.4, -0.2) is 32.6 Å². The Kier molecular flexibility index (Phi) is 7.60. The summed E-state index contributed by atoms with van der Waals surface area (Å²) in [6.45, 7) is 2.07. The third-order valence-corrected chi connectivity index (χ3v) is 6.68. The molecule has 0 saturated heterocycles. The summed E-state index contributed by atoms with van der Waals surface area (Å²) in [5.74, 6) is 0.896. The number of hydrogen-bond acceptors (Lipinski definition) is 5. The molecule has 1 saturated carbocycles. The Morgan fingerprint density at radius 2 is 1.97 bits per heavy atom. The van der Waals surface area contributed by atoms with Crippen LogP contribution in [0.25, 0.3) is 11.4 Å². The summed E-state index contributed by atoms with van der Waals surface area (Å²) in [5, 5.41) is 14.4. The van der Waals surface area contributed by atoms with Crippen LogP contribution in [0.15, 0.2) is 58.8 Å². The first-order valence-electron chi connectivity index (χ1n) is 10.8. The third-order valence-electron chi connectivity index (χ3n) is 5.50. The highest BCUT2D eigenvalue weighted by Crippen LogP contribution is 2.35. The second-order valence-corrected chi connectivity index (χ2v) is 9.35. The smallest absolute Gasteiger partial charge is 0.250 e. The zero-order valence-electron chi connectivity index (χ0n) is 18.0. The number of rotatable bonds is 7. The van der Waals surface area contributed by atoms with Gasteiger partial charge in [0.15, 0.2) is 11.0 Å². The Morgan fingerprint density at radius 3 is 2.72 bits per heavy atom. The van der Waals surface area contributed by atoms with Crippen LogP contribution in [-0.2, 0) is 4.79 Å². The van der Waals surface area contributed by atoms with Gasteiger partial charge in [-0.05, 0) is 37.5 Å². The molecule has 4 rings (SSSR count). The van der Waals surface area contributed by atoms with Crippen molar-refractivity contribution in [1.82, 2.24) is 20.2 Å². The molecule has 2 aromatic carbocycles. The molecular weight excluding hydrogens is 442 g/mol. The van der Waals surface area contributed by atoms with Crippen molar-refractivity contribution in [3.8, 4) is 11.4 Å². The quantitative estimate of drug-likeness (QED) is 0.276. The summed E-state index contributed by atoms with van der Waals surface area (Å²) in [4.78, 5) is 12.3. The molecule has 3 aromatic rings. The molecule has 6 nitrogen and oxygen atoms in total. The maximum Gasteiger partial charge on any atom is 0.250 e. The van der Waals surface area contributed by atoms with Gasteiger partial charge in [0.2, 0.25) is 0 Å². The molecule has 0 aliphatic heterocycles. The van der Waals surface area contributed by atoms with Gasteiger partial charge in [-0.25, -0.2) is 5.43 Å². The lowest BCUT2D eigenvalue weighted by Gasteiger charge is -2.25. The Hall–Kier alpha value is -2.64. The van der Waals surface area contributed by atoms with Crippen LogP contribution < -0.4 is 5.43 Å². The van der Waals surface area contributed by atoms with E-state index in [9.17, 15) is 4.79 Å². The molecule has 1 amide bonds. The number of halogens is 1. The number of nitrogens with zero attached hydrogens (tertiary/aromatic N) is 4. The predicted molar refractivity (Wildman–Crippen MR) is 130 cm³/mol. The number of benzene rings is 2. The Balaban J connectivity index is 1.45. The van der Waals surface area contributed by atoms with Gasteiger partial charge in [0.1, 0.15) is 0 Å². The number of hydrogen-bond donors (Lipinski definition) is 1. The van der Waals surface area contributed by atoms with Gasteiger partial charge < -0.3 is 0 Å². The molecule has 8 heteroatoms. The molecule has 1 aliphatic carbocycles. The van der Waals surface area contributed by atoms with Gasteiger partial charge in [-0.3, -0.25) is 9.36 Å². The fraction of sp³-hybridized carbons (Fsp3) is 0.333. The van der Waals surface area contributed by atoms with Crippen LogP contribution in [0.5, 0.6) is 0 Å². The van der Waals surface area contributed by atoms with Crippen molar-refractivity contribution in [3.05, 3.63) is 64.7 Å². The zero-order valence-corrected chi connectivity index (χ0v) is 19.6. The number of thioether (sulfide) groups is 1. The molecule has 1 fully saturated rings. The van der Waals surface area contributed by atoms with Gasteiger partial charge >= 0.3 is 0 Å². The van der Waals surface area contributed by atoms with E-state index in [4.69, 9.17) is 11.6 Å². The maximum absolute atomic E-state index is 12.3. The lowest BCUT2D eigenvalue weighted by Crippen LogP contribution is -2.20. The van der Waals surface area contributed by atoms with Crippen LogP contribution in [0.2, 0.25) is 5.02 Å².